The number of ether oxygens (including phenoxy) is 2. The average Bonchev–Trinajstić information content (AvgIpc) is 2.54. The first-order valence-electron chi connectivity index (χ1n) is 6.90. The summed E-state index contributed by atoms with van der Waals surface area (Å²) in [5, 5.41) is 3.51. The Morgan fingerprint density at radius 1 is 1.18 bits per heavy atom. The van der Waals surface area contributed by atoms with E-state index in [9.17, 15) is 4.79 Å². The van der Waals surface area contributed by atoms with Crippen molar-refractivity contribution in [3.8, 4) is 11.5 Å². The van der Waals surface area contributed by atoms with Crippen molar-refractivity contribution in [1.82, 2.24) is 5.32 Å². The van der Waals surface area contributed by atoms with Crippen LogP contribution in [0.3, 0.4) is 0 Å². The molecule has 0 saturated carbocycles. The fraction of sp³-hybridized carbons (Fsp3) is 0.235. The van der Waals surface area contributed by atoms with Crippen molar-refractivity contribution in [1.29, 1.82) is 0 Å². The van der Waals surface area contributed by atoms with Crippen LogP contribution in [-0.4, -0.2) is 19.6 Å². The van der Waals surface area contributed by atoms with Crippen LogP contribution in [0.25, 0.3) is 0 Å². The van der Waals surface area contributed by atoms with Gasteiger partial charge in [0.2, 0.25) is 0 Å². The molecule has 0 aliphatic carbocycles. The van der Waals surface area contributed by atoms with Gasteiger partial charge in [0.25, 0.3) is 5.91 Å². The smallest absolute Gasteiger partial charge is 0.258 e. The van der Waals surface area contributed by atoms with E-state index in [1.165, 1.54) is 0 Å². The molecule has 5 heteroatoms. The number of hydrogen-bond acceptors (Lipinski definition) is 3. The van der Waals surface area contributed by atoms with Gasteiger partial charge in [-0.2, -0.15) is 0 Å². The number of carbonyl (C=O) groups is 1. The van der Waals surface area contributed by atoms with Gasteiger partial charge in [-0.25, -0.2) is 0 Å². The van der Waals surface area contributed by atoms with Gasteiger partial charge in [0.1, 0.15) is 11.5 Å². The van der Waals surface area contributed by atoms with Crippen LogP contribution in [0, 0.1) is 0 Å². The molecule has 0 radical (unpaired) electrons. The fourth-order valence-corrected chi connectivity index (χ4v) is 2.08. The van der Waals surface area contributed by atoms with Crippen LogP contribution in [0.4, 0.5) is 0 Å². The lowest BCUT2D eigenvalue weighted by molar-refractivity contribution is -0.123. The Bertz CT molecular complexity index is 628. The van der Waals surface area contributed by atoms with E-state index < -0.39 is 0 Å². The van der Waals surface area contributed by atoms with Crippen molar-refractivity contribution in [3.63, 3.8) is 0 Å². The predicted octanol–water partition coefficient (Wildman–Crippen LogP) is 3.60. The third-order valence-corrected chi connectivity index (χ3v) is 3.41. The molecular weight excluding hydrogens is 302 g/mol. The van der Waals surface area contributed by atoms with Crippen LogP contribution in [0.5, 0.6) is 11.5 Å². The van der Waals surface area contributed by atoms with Gasteiger partial charge >= 0.3 is 0 Å². The molecule has 116 valence electrons. The average molecular weight is 320 g/mol. The predicted molar refractivity (Wildman–Crippen MR) is 86.5 cm³/mol. The molecule has 2 aromatic rings. The first kappa shape index (κ1) is 16.2. The largest absolute Gasteiger partial charge is 0.497 e. The summed E-state index contributed by atoms with van der Waals surface area (Å²) < 4.78 is 10.6. The van der Waals surface area contributed by atoms with E-state index in [4.69, 9.17) is 21.1 Å². The molecule has 0 unspecified atom stereocenters. The zero-order chi connectivity index (χ0) is 15.9. The Labute approximate surface area is 135 Å². The summed E-state index contributed by atoms with van der Waals surface area (Å²) in [4.78, 5) is 11.9. The van der Waals surface area contributed by atoms with Gasteiger partial charge in [0.05, 0.1) is 13.2 Å². The Morgan fingerprint density at radius 2 is 1.91 bits per heavy atom. The van der Waals surface area contributed by atoms with E-state index in [2.05, 4.69) is 5.32 Å². The number of nitrogens with one attached hydrogen (secondary N) is 1. The maximum Gasteiger partial charge on any atom is 0.258 e. The van der Waals surface area contributed by atoms with Gasteiger partial charge in [0.15, 0.2) is 6.61 Å². The fourth-order valence-electron chi connectivity index (χ4n) is 1.96. The number of methoxy groups -OCH3 is 1. The molecule has 2 rings (SSSR count). The Balaban J connectivity index is 1.86. The van der Waals surface area contributed by atoms with Crippen molar-refractivity contribution in [2.45, 2.75) is 13.0 Å². The quantitative estimate of drug-likeness (QED) is 0.885. The zero-order valence-electron chi connectivity index (χ0n) is 12.5. The van der Waals surface area contributed by atoms with Crippen LogP contribution in [0.2, 0.25) is 5.02 Å². The third-order valence-electron chi connectivity index (χ3n) is 3.15. The summed E-state index contributed by atoms with van der Waals surface area (Å²) >= 11 is 5.79. The molecule has 0 spiro atoms. The molecule has 0 aliphatic rings. The summed E-state index contributed by atoms with van der Waals surface area (Å²) in [6.07, 6.45) is 0. The molecule has 4 nitrogen and oxygen atoms in total. The van der Waals surface area contributed by atoms with Crippen molar-refractivity contribution >= 4 is 17.5 Å². The molecule has 0 saturated heterocycles. The summed E-state index contributed by atoms with van der Waals surface area (Å²) in [6, 6.07) is 14.3. The Hall–Kier alpha value is -2.20. The summed E-state index contributed by atoms with van der Waals surface area (Å²) in [5.74, 6) is 1.18. The van der Waals surface area contributed by atoms with Crippen LogP contribution in [0.1, 0.15) is 18.5 Å². The van der Waals surface area contributed by atoms with E-state index in [1.54, 1.807) is 31.4 Å². The molecule has 1 amide bonds. The number of halogens is 1. The van der Waals surface area contributed by atoms with Crippen molar-refractivity contribution in [3.05, 3.63) is 59.1 Å². The molecule has 0 fully saturated rings. The lowest BCUT2D eigenvalue weighted by Gasteiger charge is -2.15. The summed E-state index contributed by atoms with van der Waals surface area (Å²) in [7, 11) is 1.61. The van der Waals surface area contributed by atoms with Crippen LogP contribution in [-0.2, 0) is 4.79 Å². The molecule has 0 bridgehead atoms. The lowest BCUT2D eigenvalue weighted by atomic mass is 10.1. The number of carbonyl (C=O) groups excluding carboxylic acids is 1. The number of amides is 1. The SMILES string of the molecule is COc1cccc([C@@H](C)NC(=O)COc2ccc(Cl)cc2)c1. The number of hydrogen-bond donors (Lipinski definition) is 1. The molecule has 0 aromatic heterocycles. The van der Waals surface area contributed by atoms with Crippen molar-refractivity contribution in [2.24, 2.45) is 0 Å². The highest BCUT2D eigenvalue weighted by Crippen LogP contribution is 2.19. The van der Waals surface area contributed by atoms with E-state index in [0.29, 0.717) is 10.8 Å². The van der Waals surface area contributed by atoms with Gasteiger partial charge in [-0.3, -0.25) is 4.79 Å². The van der Waals surface area contributed by atoms with Crippen LogP contribution < -0.4 is 14.8 Å². The van der Waals surface area contributed by atoms with Crippen molar-refractivity contribution < 1.29 is 14.3 Å². The Kier molecular flexibility index (Phi) is 5.67. The van der Waals surface area contributed by atoms with E-state index >= 15 is 0 Å². The molecular formula is C17H18ClNO3. The maximum atomic E-state index is 11.9. The van der Waals surface area contributed by atoms with Crippen LogP contribution in [0.15, 0.2) is 48.5 Å². The minimum absolute atomic E-state index is 0.0457. The number of benzene rings is 2. The molecule has 0 heterocycles. The molecule has 22 heavy (non-hydrogen) atoms. The van der Waals surface area contributed by atoms with E-state index in [-0.39, 0.29) is 18.6 Å². The molecule has 1 atom stereocenters. The first-order valence-corrected chi connectivity index (χ1v) is 7.28. The number of rotatable bonds is 6. The second kappa shape index (κ2) is 7.71. The van der Waals surface area contributed by atoms with Gasteiger partial charge in [-0.1, -0.05) is 23.7 Å². The van der Waals surface area contributed by atoms with Gasteiger partial charge in [0, 0.05) is 5.02 Å². The third kappa shape index (κ3) is 4.67. The highest BCUT2D eigenvalue weighted by Gasteiger charge is 2.10. The summed E-state index contributed by atoms with van der Waals surface area (Å²) in [6.45, 7) is 1.87. The van der Waals surface area contributed by atoms with Gasteiger partial charge in [-0.15, -0.1) is 0 Å². The van der Waals surface area contributed by atoms with Crippen molar-refractivity contribution in [2.75, 3.05) is 13.7 Å². The minimum Gasteiger partial charge on any atom is -0.497 e. The lowest BCUT2D eigenvalue weighted by Crippen LogP contribution is -2.31. The normalized spacial score (nSPS) is 11.6. The second-order valence-electron chi connectivity index (χ2n) is 4.81. The minimum atomic E-state index is -0.190. The molecule has 2 aromatic carbocycles. The van der Waals surface area contributed by atoms with Crippen LogP contribution >= 0.6 is 11.6 Å². The van der Waals surface area contributed by atoms with Gasteiger partial charge in [-0.05, 0) is 48.9 Å². The van der Waals surface area contributed by atoms with E-state index in [0.717, 1.165) is 11.3 Å². The zero-order valence-corrected chi connectivity index (χ0v) is 13.3. The monoisotopic (exact) mass is 319 g/mol. The van der Waals surface area contributed by atoms with Gasteiger partial charge < -0.3 is 14.8 Å². The Morgan fingerprint density at radius 3 is 2.59 bits per heavy atom. The molecule has 1 N–H and O–H groups in total. The topological polar surface area (TPSA) is 47.6 Å². The second-order valence-corrected chi connectivity index (χ2v) is 5.24. The van der Waals surface area contributed by atoms with E-state index in [1.807, 2.05) is 31.2 Å². The standard InChI is InChI=1S/C17H18ClNO3/c1-12(13-4-3-5-16(10-13)21-2)19-17(20)11-22-15-8-6-14(18)7-9-15/h3-10,12H,11H2,1-2H3,(H,19,20)/t12-/m1/s1. The molecule has 0 aliphatic heterocycles. The highest BCUT2D eigenvalue weighted by atomic mass is 35.5. The first-order chi connectivity index (χ1) is 10.6. The maximum absolute atomic E-state index is 11.9. The summed E-state index contributed by atoms with van der Waals surface area (Å²) in [5.41, 5.74) is 0.971. The highest BCUT2D eigenvalue weighted by molar-refractivity contribution is 6.30.